The maximum absolute atomic E-state index is 14.0. The number of aryl methyl sites for hydroxylation is 1. The van der Waals surface area contributed by atoms with E-state index in [4.69, 9.17) is 4.74 Å². The third kappa shape index (κ3) is 9.62. The van der Waals surface area contributed by atoms with Crippen LogP contribution < -0.4 is 14.4 Å². The van der Waals surface area contributed by atoms with Gasteiger partial charge in [0.2, 0.25) is 21.8 Å². The van der Waals surface area contributed by atoms with E-state index in [1.165, 1.54) is 11.4 Å². The number of benzene rings is 3. The van der Waals surface area contributed by atoms with Gasteiger partial charge < -0.3 is 15.0 Å². The summed E-state index contributed by atoms with van der Waals surface area (Å²) in [4.78, 5) is 29.3. The summed E-state index contributed by atoms with van der Waals surface area (Å²) in [6, 6.07) is 23.7. The Kier molecular flexibility index (Phi) is 11.2. The molecular formula is C33H43N3O5S. The van der Waals surface area contributed by atoms with Gasteiger partial charge in [0.15, 0.2) is 0 Å². The lowest BCUT2D eigenvalue weighted by Crippen LogP contribution is -2.54. The highest BCUT2D eigenvalue weighted by molar-refractivity contribution is 7.92. The van der Waals surface area contributed by atoms with E-state index in [0.29, 0.717) is 17.9 Å². The van der Waals surface area contributed by atoms with Crippen LogP contribution in [0.25, 0.3) is 0 Å². The lowest BCUT2D eigenvalue weighted by Gasteiger charge is -2.34. The minimum absolute atomic E-state index is 0.0567. The normalized spacial score (nSPS) is 12.3. The molecule has 0 fully saturated rings. The van der Waals surface area contributed by atoms with Crippen LogP contribution >= 0.6 is 0 Å². The molecule has 3 rings (SSSR count). The molecule has 1 atom stereocenters. The Hall–Kier alpha value is -3.85. The molecule has 9 heteroatoms. The van der Waals surface area contributed by atoms with Gasteiger partial charge in [-0.2, -0.15) is 0 Å². The topological polar surface area (TPSA) is 96.0 Å². The Balaban J connectivity index is 1.91. The van der Waals surface area contributed by atoms with Crippen molar-refractivity contribution in [1.82, 2.24) is 10.2 Å². The van der Waals surface area contributed by atoms with E-state index in [9.17, 15) is 18.0 Å². The average molecular weight is 594 g/mol. The maximum Gasteiger partial charge on any atom is 0.243 e. The van der Waals surface area contributed by atoms with E-state index in [1.54, 1.807) is 29.2 Å². The molecule has 0 aliphatic rings. The summed E-state index contributed by atoms with van der Waals surface area (Å²) in [6.07, 6.45) is 1.79. The molecule has 0 aliphatic heterocycles. The van der Waals surface area contributed by atoms with Crippen molar-refractivity contribution in [2.24, 2.45) is 0 Å². The maximum atomic E-state index is 14.0. The van der Waals surface area contributed by atoms with E-state index < -0.39 is 21.6 Å². The molecular weight excluding hydrogens is 550 g/mol. The summed E-state index contributed by atoms with van der Waals surface area (Å²) in [5.41, 5.74) is 2.86. The van der Waals surface area contributed by atoms with Crippen LogP contribution in [0.2, 0.25) is 0 Å². The first-order valence-electron chi connectivity index (χ1n) is 14.1. The lowest BCUT2D eigenvalue weighted by atomic mass is 10.00. The SMILES string of the molecule is COc1ccccc1N(CCCC(=O)N(Cc1ccc(C)cc1)[C@@H](Cc1ccccc1)C(=O)NC(C)(C)C)S(C)(=O)=O. The van der Waals surface area contributed by atoms with E-state index in [0.717, 1.165) is 22.9 Å². The van der Waals surface area contributed by atoms with Crippen LogP contribution in [0.15, 0.2) is 78.9 Å². The monoisotopic (exact) mass is 593 g/mol. The van der Waals surface area contributed by atoms with Gasteiger partial charge in [-0.25, -0.2) is 8.42 Å². The highest BCUT2D eigenvalue weighted by atomic mass is 32.2. The Morgan fingerprint density at radius 2 is 1.52 bits per heavy atom. The molecule has 3 aromatic rings. The number of nitrogens with zero attached hydrogens (tertiary/aromatic N) is 2. The lowest BCUT2D eigenvalue weighted by molar-refractivity contribution is -0.142. The minimum atomic E-state index is -3.65. The quantitative estimate of drug-likeness (QED) is 0.297. The first kappa shape index (κ1) is 32.7. The summed E-state index contributed by atoms with van der Waals surface area (Å²) in [6.45, 7) is 8.06. The van der Waals surface area contributed by atoms with Crippen molar-refractivity contribution in [3.8, 4) is 5.75 Å². The van der Waals surface area contributed by atoms with Crippen LogP contribution in [0.4, 0.5) is 5.69 Å². The number of carbonyl (C=O) groups excluding carboxylic acids is 2. The molecule has 0 heterocycles. The van der Waals surface area contributed by atoms with E-state index in [-0.39, 0.29) is 37.7 Å². The number of carbonyl (C=O) groups is 2. The number of ether oxygens (including phenoxy) is 1. The Bertz CT molecular complexity index is 1430. The van der Waals surface area contributed by atoms with Gasteiger partial charge in [0.25, 0.3) is 0 Å². The third-order valence-corrected chi connectivity index (χ3v) is 7.93. The van der Waals surface area contributed by atoms with Crippen LogP contribution in [-0.4, -0.2) is 56.6 Å². The fourth-order valence-corrected chi connectivity index (χ4v) is 5.68. The van der Waals surface area contributed by atoms with Crippen LogP contribution in [-0.2, 0) is 32.6 Å². The number of anilines is 1. The molecule has 2 amide bonds. The third-order valence-electron chi connectivity index (χ3n) is 6.75. The first-order chi connectivity index (χ1) is 19.8. The van der Waals surface area contributed by atoms with Crippen molar-refractivity contribution in [1.29, 1.82) is 0 Å². The highest BCUT2D eigenvalue weighted by Gasteiger charge is 2.32. The molecule has 0 saturated carbocycles. The van der Waals surface area contributed by atoms with Gasteiger partial charge in [-0.1, -0.05) is 72.3 Å². The molecule has 0 aromatic heterocycles. The summed E-state index contributed by atoms with van der Waals surface area (Å²) in [5.74, 6) is -0.0373. The number of amides is 2. The molecule has 0 aliphatic carbocycles. The van der Waals surface area contributed by atoms with Crippen molar-refractivity contribution >= 4 is 27.5 Å². The number of hydrogen-bond acceptors (Lipinski definition) is 5. The van der Waals surface area contributed by atoms with E-state index in [1.807, 2.05) is 82.3 Å². The molecule has 42 heavy (non-hydrogen) atoms. The number of rotatable bonds is 13. The summed E-state index contributed by atoms with van der Waals surface area (Å²) >= 11 is 0. The summed E-state index contributed by atoms with van der Waals surface area (Å²) in [5, 5.41) is 3.06. The van der Waals surface area contributed by atoms with Crippen LogP contribution in [0.5, 0.6) is 5.75 Å². The van der Waals surface area contributed by atoms with Gasteiger partial charge in [-0.05, 0) is 57.4 Å². The Morgan fingerprint density at radius 3 is 2.12 bits per heavy atom. The predicted molar refractivity (Wildman–Crippen MR) is 168 cm³/mol. The van der Waals surface area contributed by atoms with E-state index in [2.05, 4.69) is 5.32 Å². The second-order valence-electron chi connectivity index (χ2n) is 11.6. The van der Waals surface area contributed by atoms with Gasteiger partial charge in [0.05, 0.1) is 19.1 Å². The van der Waals surface area contributed by atoms with Gasteiger partial charge in [0.1, 0.15) is 11.8 Å². The Morgan fingerprint density at radius 1 is 0.905 bits per heavy atom. The van der Waals surface area contributed by atoms with Crippen LogP contribution in [0, 0.1) is 6.92 Å². The number of para-hydroxylation sites is 2. The number of nitrogens with one attached hydrogen (secondary N) is 1. The fraction of sp³-hybridized carbons (Fsp3) is 0.394. The van der Waals surface area contributed by atoms with Gasteiger partial charge in [-0.15, -0.1) is 0 Å². The fourth-order valence-electron chi connectivity index (χ4n) is 4.72. The molecule has 0 saturated heterocycles. The van der Waals surface area contributed by atoms with Crippen molar-refractivity contribution in [3.63, 3.8) is 0 Å². The smallest absolute Gasteiger partial charge is 0.243 e. The zero-order chi connectivity index (χ0) is 30.9. The van der Waals surface area contributed by atoms with Crippen LogP contribution in [0.1, 0.15) is 50.3 Å². The van der Waals surface area contributed by atoms with Crippen LogP contribution in [0.3, 0.4) is 0 Å². The number of sulfonamides is 1. The Labute approximate surface area is 250 Å². The number of hydrogen-bond donors (Lipinski definition) is 1. The molecule has 0 unspecified atom stereocenters. The molecule has 3 aromatic carbocycles. The second-order valence-corrected chi connectivity index (χ2v) is 13.5. The van der Waals surface area contributed by atoms with Gasteiger partial charge in [0, 0.05) is 31.5 Å². The average Bonchev–Trinajstić information content (AvgIpc) is 2.93. The molecule has 0 bridgehead atoms. The van der Waals surface area contributed by atoms with Crippen molar-refractivity contribution in [3.05, 3.63) is 95.6 Å². The second kappa shape index (κ2) is 14.4. The molecule has 0 spiro atoms. The van der Waals surface area contributed by atoms with Crippen molar-refractivity contribution < 1.29 is 22.7 Å². The minimum Gasteiger partial charge on any atom is -0.495 e. The summed E-state index contributed by atoms with van der Waals surface area (Å²) < 4.78 is 32.1. The standard InChI is InChI=1S/C33H43N3O5S/c1-25-18-20-27(21-19-25)24-35(29(32(38)34-33(2,3)4)23-26-13-8-7-9-14-26)31(37)17-12-22-36(42(6,39)40)28-15-10-11-16-30(28)41-5/h7-11,13-16,18-21,29H,12,17,22-24H2,1-6H3,(H,34,38)/t29-/m0/s1. The van der Waals surface area contributed by atoms with Crippen molar-refractivity contribution in [2.45, 2.75) is 65.1 Å². The molecule has 226 valence electrons. The first-order valence-corrected chi connectivity index (χ1v) is 15.9. The molecule has 0 radical (unpaired) electrons. The molecule has 1 N–H and O–H groups in total. The predicted octanol–water partition coefficient (Wildman–Crippen LogP) is 5.10. The molecule has 8 nitrogen and oxygen atoms in total. The van der Waals surface area contributed by atoms with Gasteiger partial charge >= 0.3 is 0 Å². The van der Waals surface area contributed by atoms with Crippen molar-refractivity contribution in [2.75, 3.05) is 24.2 Å². The summed E-state index contributed by atoms with van der Waals surface area (Å²) in [7, 11) is -2.16. The zero-order valence-corrected chi connectivity index (χ0v) is 26.3. The largest absolute Gasteiger partial charge is 0.495 e. The van der Waals surface area contributed by atoms with E-state index >= 15 is 0 Å². The number of methoxy groups -OCH3 is 1. The highest BCUT2D eigenvalue weighted by Crippen LogP contribution is 2.30. The zero-order valence-electron chi connectivity index (χ0n) is 25.5. The van der Waals surface area contributed by atoms with Gasteiger partial charge in [-0.3, -0.25) is 13.9 Å².